The first-order valence-corrected chi connectivity index (χ1v) is 5.74. The molecule has 0 spiro atoms. The second-order valence-electron chi connectivity index (χ2n) is 4.47. The summed E-state index contributed by atoms with van der Waals surface area (Å²) in [4.78, 5) is 0. The van der Waals surface area contributed by atoms with Gasteiger partial charge in [0.2, 0.25) is 0 Å². The number of rotatable bonds is 5. The maximum absolute atomic E-state index is 11.8. The minimum atomic E-state index is -4.04. The van der Waals surface area contributed by atoms with Gasteiger partial charge in [-0.05, 0) is 31.6 Å². The Labute approximate surface area is 88.7 Å². The molecule has 1 fully saturated rings. The van der Waals surface area contributed by atoms with E-state index >= 15 is 0 Å². The lowest BCUT2D eigenvalue weighted by molar-refractivity contribution is -0.136. The van der Waals surface area contributed by atoms with E-state index in [0.29, 0.717) is 18.8 Å². The minimum absolute atomic E-state index is 0.146. The van der Waals surface area contributed by atoms with Crippen molar-refractivity contribution in [2.45, 2.75) is 63.6 Å². The first-order chi connectivity index (χ1) is 6.99. The predicted octanol–water partition coefficient (Wildman–Crippen LogP) is 3.66. The zero-order valence-corrected chi connectivity index (χ0v) is 8.89. The van der Waals surface area contributed by atoms with Crippen LogP contribution >= 0.6 is 0 Å². The molecule has 1 rings (SSSR count). The lowest BCUT2D eigenvalue weighted by Crippen LogP contribution is -2.17. The molecule has 0 aliphatic heterocycles. The lowest BCUT2D eigenvalue weighted by atomic mass is 9.96. The highest BCUT2D eigenvalue weighted by Gasteiger charge is 2.27. The Morgan fingerprint density at radius 3 is 2.27 bits per heavy atom. The summed E-state index contributed by atoms with van der Waals surface area (Å²) >= 11 is 0. The van der Waals surface area contributed by atoms with Crippen molar-refractivity contribution in [3.8, 4) is 0 Å². The summed E-state index contributed by atoms with van der Waals surface area (Å²) in [7, 11) is 0. The van der Waals surface area contributed by atoms with Crippen LogP contribution in [0.4, 0.5) is 13.2 Å². The van der Waals surface area contributed by atoms with Crippen molar-refractivity contribution in [1.29, 1.82) is 0 Å². The lowest BCUT2D eigenvalue weighted by Gasteiger charge is -2.17. The van der Waals surface area contributed by atoms with E-state index in [1.54, 1.807) is 0 Å². The highest BCUT2D eigenvalue weighted by molar-refractivity contribution is 4.74. The molecule has 4 heteroatoms. The summed E-state index contributed by atoms with van der Waals surface area (Å²) < 4.78 is 35.5. The molecule has 0 aromatic carbocycles. The first kappa shape index (κ1) is 12.8. The number of hydrogen-bond acceptors (Lipinski definition) is 1. The number of alkyl halides is 3. The van der Waals surface area contributed by atoms with E-state index in [1.165, 1.54) is 0 Å². The number of hydrogen-bond donors (Lipinski definition) is 1. The van der Waals surface area contributed by atoms with Crippen LogP contribution in [0.2, 0.25) is 0 Å². The highest BCUT2D eigenvalue weighted by atomic mass is 19.4. The van der Waals surface area contributed by atoms with Crippen LogP contribution in [-0.4, -0.2) is 17.4 Å². The summed E-state index contributed by atoms with van der Waals surface area (Å²) in [6.07, 6.45) is 0.421. The molecule has 0 radical (unpaired) electrons. The summed E-state index contributed by atoms with van der Waals surface area (Å²) in [6.45, 7) is 0. The van der Waals surface area contributed by atoms with Crippen molar-refractivity contribution < 1.29 is 18.3 Å². The molecule has 1 aliphatic carbocycles. The van der Waals surface area contributed by atoms with Gasteiger partial charge in [0, 0.05) is 6.42 Å². The van der Waals surface area contributed by atoms with Gasteiger partial charge in [-0.25, -0.2) is 0 Å². The average Bonchev–Trinajstić information content (AvgIpc) is 2.63. The third-order valence-electron chi connectivity index (χ3n) is 3.15. The zero-order valence-electron chi connectivity index (χ0n) is 8.89. The molecule has 15 heavy (non-hydrogen) atoms. The summed E-state index contributed by atoms with van der Waals surface area (Å²) in [5.74, 6) is 0.343. The van der Waals surface area contributed by atoms with Crippen LogP contribution in [0.1, 0.15) is 51.4 Å². The van der Waals surface area contributed by atoms with Crippen LogP contribution in [0.5, 0.6) is 0 Å². The molecule has 0 amide bonds. The molecule has 0 saturated heterocycles. The third kappa shape index (κ3) is 5.40. The largest absolute Gasteiger partial charge is 0.393 e. The smallest absolute Gasteiger partial charge is 0.389 e. The van der Waals surface area contributed by atoms with E-state index in [2.05, 4.69) is 0 Å². The molecular weight excluding hydrogens is 205 g/mol. The summed E-state index contributed by atoms with van der Waals surface area (Å²) in [5, 5.41) is 9.70. The van der Waals surface area contributed by atoms with E-state index in [0.717, 1.165) is 25.7 Å². The van der Waals surface area contributed by atoms with Gasteiger partial charge in [-0.15, -0.1) is 0 Å². The first-order valence-electron chi connectivity index (χ1n) is 5.74. The van der Waals surface area contributed by atoms with Crippen LogP contribution < -0.4 is 0 Å². The maximum Gasteiger partial charge on any atom is 0.389 e. The van der Waals surface area contributed by atoms with E-state index in [9.17, 15) is 18.3 Å². The Hall–Kier alpha value is -0.250. The molecule has 0 aromatic rings. The molecule has 1 N–H and O–H groups in total. The van der Waals surface area contributed by atoms with E-state index in [4.69, 9.17) is 0 Å². The molecular formula is C11H19F3O. The highest BCUT2D eigenvalue weighted by Crippen LogP contribution is 2.30. The number of halogens is 3. The van der Waals surface area contributed by atoms with Gasteiger partial charge in [0.25, 0.3) is 0 Å². The topological polar surface area (TPSA) is 20.2 Å². The van der Waals surface area contributed by atoms with Crippen LogP contribution in [0.25, 0.3) is 0 Å². The third-order valence-corrected chi connectivity index (χ3v) is 3.15. The van der Waals surface area contributed by atoms with Crippen LogP contribution in [0.15, 0.2) is 0 Å². The van der Waals surface area contributed by atoms with Crippen molar-refractivity contribution >= 4 is 0 Å². The van der Waals surface area contributed by atoms with Gasteiger partial charge < -0.3 is 5.11 Å². The fraction of sp³-hybridized carbons (Fsp3) is 1.00. The standard InChI is InChI=1S/C11H19F3O/c12-11(13,14)8-4-3-7-10(15)9-5-1-2-6-9/h9-10,15H,1-8H2. The zero-order chi connectivity index (χ0) is 11.3. The summed E-state index contributed by atoms with van der Waals surface area (Å²) in [6, 6.07) is 0. The van der Waals surface area contributed by atoms with E-state index < -0.39 is 12.6 Å². The fourth-order valence-electron chi connectivity index (χ4n) is 2.26. The van der Waals surface area contributed by atoms with Crippen molar-refractivity contribution in [3.63, 3.8) is 0 Å². The predicted molar refractivity (Wildman–Crippen MR) is 52.5 cm³/mol. The molecule has 0 bridgehead atoms. The van der Waals surface area contributed by atoms with Gasteiger partial charge >= 0.3 is 6.18 Å². The van der Waals surface area contributed by atoms with Crippen LogP contribution in [-0.2, 0) is 0 Å². The monoisotopic (exact) mass is 224 g/mol. The Morgan fingerprint density at radius 2 is 1.73 bits per heavy atom. The van der Waals surface area contributed by atoms with Crippen molar-refractivity contribution in [2.75, 3.05) is 0 Å². The van der Waals surface area contributed by atoms with E-state index in [1.807, 2.05) is 0 Å². The molecule has 1 atom stereocenters. The average molecular weight is 224 g/mol. The maximum atomic E-state index is 11.8. The molecule has 90 valence electrons. The Morgan fingerprint density at radius 1 is 1.13 bits per heavy atom. The van der Waals surface area contributed by atoms with Gasteiger partial charge in [0.05, 0.1) is 6.10 Å². The van der Waals surface area contributed by atoms with E-state index in [-0.39, 0.29) is 12.5 Å². The van der Waals surface area contributed by atoms with Crippen molar-refractivity contribution in [1.82, 2.24) is 0 Å². The molecule has 1 unspecified atom stereocenters. The van der Waals surface area contributed by atoms with Crippen LogP contribution in [0, 0.1) is 5.92 Å². The normalized spacial score (nSPS) is 20.8. The summed E-state index contributed by atoms with van der Waals surface area (Å²) in [5.41, 5.74) is 0. The van der Waals surface area contributed by atoms with Crippen LogP contribution in [0.3, 0.4) is 0 Å². The quantitative estimate of drug-likeness (QED) is 0.706. The van der Waals surface area contributed by atoms with Gasteiger partial charge in [-0.1, -0.05) is 19.3 Å². The van der Waals surface area contributed by atoms with Gasteiger partial charge in [-0.2, -0.15) is 13.2 Å². The molecule has 1 nitrogen and oxygen atoms in total. The fourth-order valence-corrected chi connectivity index (χ4v) is 2.26. The second kappa shape index (κ2) is 5.73. The van der Waals surface area contributed by atoms with Gasteiger partial charge in [0.1, 0.15) is 0 Å². The molecule has 1 saturated carbocycles. The SMILES string of the molecule is OC(CCCCC(F)(F)F)C1CCCC1. The molecule has 1 aliphatic rings. The Balaban J connectivity index is 2.04. The minimum Gasteiger partial charge on any atom is -0.393 e. The number of aliphatic hydroxyl groups is 1. The van der Waals surface area contributed by atoms with Crippen molar-refractivity contribution in [3.05, 3.63) is 0 Å². The van der Waals surface area contributed by atoms with Gasteiger partial charge in [-0.3, -0.25) is 0 Å². The Kier molecular flexibility index (Phi) is 4.90. The number of unbranched alkanes of at least 4 members (excludes halogenated alkanes) is 1. The second-order valence-corrected chi connectivity index (χ2v) is 4.47. The molecule has 0 heterocycles. The number of aliphatic hydroxyl groups excluding tert-OH is 1. The molecule has 0 aromatic heterocycles. The Bertz CT molecular complexity index is 173. The van der Waals surface area contributed by atoms with Crippen molar-refractivity contribution in [2.24, 2.45) is 5.92 Å². The van der Waals surface area contributed by atoms with Gasteiger partial charge in [0.15, 0.2) is 0 Å².